The van der Waals surface area contributed by atoms with Crippen molar-refractivity contribution >= 4 is 17.5 Å². The van der Waals surface area contributed by atoms with E-state index in [1.807, 2.05) is 36.1 Å². The van der Waals surface area contributed by atoms with Crippen molar-refractivity contribution in [2.45, 2.75) is 26.3 Å². The third-order valence-corrected chi connectivity index (χ3v) is 4.71. The van der Waals surface area contributed by atoms with Crippen LogP contribution < -0.4 is 14.8 Å². The van der Waals surface area contributed by atoms with Crippen LogP contribution in [0.1, 0.15) is 34.3 Å². The molecule has 0 aromatic heterocycles. The first kappa shape index (κ1) is 18.8. The third-order valence-electron chi connectivity index (χ3n) is 4.71. The van der Waals surface area contributed by atoms with Crippen LogP contribution in [0.3, 0.4) is 0 Å². The molecule has 0 bridgehead atoms. The van der Waals surface area contributed by atoms with E-state index in [9.17, 15) is 9.59 Å². The molecule has 1 fully saturated rings. The van der Waals surface area contributed by atoms with Crippen LogP contribution in [0.25, 0.3) is 0 Å². The Hall–Kier alpha value is -3.02. The first-order chi connectivity index (χ1) is 13.0. The summed E-state index contributed by atoms with van der Waals surface area (Å²) in [7, 11) is 3.13. The number of amides is 2. The number of hydrogen-bond acceptors (Lipinski definition) is 4. The van der Waals surface area contributed by atoms with Crippen LogP contribution >= 0.6 is 0 Å². The van der Waals surface area contributed by atoms with Crippen LogP contribution in [-0.4, -0.2) is 37.5 Å². The van der Waals surface area contributed by atoms with Gasteiger partial charge < -0.3 is 19.7 Å². The van der Waals surface area contributed by atoms with Crippen molar-refractivity contribution < 1.29 is 19.1 Å². The maximum atomic E-state index is 12.7. The fourth-order valence-electron chi connectivity index (χ4n) is 3.21. The average Bonchev–Trinajstić information content (AvgIpc) is 3.07. The highest BCUT2D eigenvalue weighted by Crippen LogP contribution is 2.33. The lowest BCUT2D eigenvalue weighted by molar-refractivity contribution is -0.128. The normalized spacial score (nSPS) is 13.6. The Morgan fingerprint density at radius 2 is 1.89 bits per heavy atom. The van der Waals surface area contributed by atoms with Gasteiger partial charge in [0.1, 0.15) is 0 Å². The molecule has 1 N–H and O–H groups in total. The van der Waals surface area contributed by atoms with E-state index in [0.29, 0.717) is 35.7 Å². The molecule has 2 aromatic rings. The fourth-order valence-corrected chi connectivity index (χ4v) is 3.21. The highest BCUT2D eigenvalue weighted by Gasteiger charge is 2.20. The van der Waals surface area contributed by atoms with Crippen LogP contribution in [0.15, 0.2) is 36.4 Å². The highest BCUT2D eigenvalue weighted by molar-refractivity contribution is 6.05. The fraction of sp³-hybridized carbons (Fsp3) is 0.333. The van der Waals surface area contributed by atoms with E-state index >= 15 is 0 Å². The Morgan fingerprint density at radius 1 is 1.15 bits per heavy atom. The molecule has 0 aliphatic carbocycles. The summed E-state index contributed by atoms with van der Waals surface area (Å²) in [4.78, 5) is 26.4. The van der Waals surface area contributed by atoms with Gasteiger partial charge in [-0.25, -0.2) is 0 Å². The molecule has 2 aromatic carbocycles. The van der Waals surface area contributed by atoms with E-state index in [4.69, 9.17) is 9.47 Å². The summed E-state index contributed by atoms with van der Waals surface area (Å²) in [6, 6.07) is 10.9. The van der Waals surface area contributed by atoms with Crippen molar-refractivity contribution in [2.75, 3.05) is 26.1 Å². The number of benzene rings is 2. The molecule has 142 valence electrons. The zero-order valence-electron chi connectivity index (χ0n) is 15.9. The molecule has 27 heavy (non-hydrogen) atoms. The average molecular weight is 368 g/mol. The molecule has 1 aliphatic heterocycles. The van der Waals surface area contributed by atoms with E-state index in [0.717, 1.165) is 24.1 Å². The molecule has 3 rings (SSSR count). The molecule has 1 heterocycles. The number of methoxy groups -OCH3 is 2. The zero-order chi connectivity index (χ0) is 19.4. The SMILES string of the molecule is COc1cc(C)c(NC(=O)c2cccc(CN3CCCC3=O)c2)cc1OC. The minimum Gasteiger partial charge on any atom is -0.493 e. The van der Waals surface area contributed by atoms with Gasteiger partial charge in [0.2, 0.25) is 5.91 Å². The number of hydrogen-bond donors (Lipinski definition) is 1. The highest BCUT2D eigenvalue weighted by atomic mass is 16.5. The number of rotatable bonds is 6. The van der Waals surface area contributed by atoms with Gasteiger partial charge in [-0.1, -0.05) is 12.1 Å². The molecule has 6 nitrogen and oxygen atoms in total. The van der Waals surface area contributed by atoms with Crippen molar-refractivity contribution in [1.82, 2.24) is 4.90 Å². The number of aryl methyl sites for hydroxylation is 1. The smallest absolute Gasteiger partial charge is 0.255 e. The van der Waals surface area contributed by atoms with Gasteiger partial charge in [-0.15, -0.1) is 0 Å². The summed E-state index contributed by atoms with van der Waals surface area (Å²) < 4.78 is 10.6. The Bertz CT molecular complexity index is 863. The van der Waals surface area contributed by atoms with E-state index in [2.05, 4.69) is 5.32 Å². The van der Waals surface area contributed by atoms with Gasteiger partial charge in [0, 0.05) is 36.8 Å². The van der Waals surface area contributed by atoms with Gasteiger partial charge in [0.05, 0.1) is 14.2 Å². The monoisotopic (exact) mass is 368 g/mol. The standard InChI is InChI=1S/C21H24N2O4/c1-14-10-18(26-2)19(27-3)12-17(14)22-21(25)16-7-4-6-15(11-16)13-23-9-5-8-20(23)24/h4,6-7,10-12H,5,8-9,13H2,1-3H3,(H,22,25). The summed E-state index contributed by atoms with van der Waals surface area (Å²) >= 11 is 0. The summed E-state index contributed by atoms with van der Waals surface area (Å²) in [6.45, 7) is 3.21. The number of carbonyl (C=O) groups is 2. The molecule has 0 atom stereocenters. The zero-order valence-corrected chi connectivity index (χ0v) is 15.9. The number of nitrogens with zero attached hydrogens (tertiary/aromatic N) is 1. The molecular weight excluding hydrogens is 344 g/mol. The minimum absolute atomic E-state index is 0.172. The van der Waals surface area contributed by atoms with Gasteiger partial charge in [-0.05, 0) is 42.7 Å². The third kappa shape index (κ3) is 4.22. The predicted molar refractivity (Wildman–Crippen MR) is 103 cm³/mol. The predicted octanol–water partition coefficient (Wildman–Crippen LogP) is 3.39. The van der Waals surface area contributed by atoms with E-state index in [-0.39, 0.29) is 11.8 Å². The first-order valence-electron chi connectivity index (χ1n) is 8.92. The lowest BCUT2D eigenvalue weighted by Gasteiger charge is -2.16. The number of anilines is 1. The summed E-state index contributed by atoms with van der Waals surface area (Å²) in [6.07, 6.45) is 1.51. The van der Waals surface area contributed by atoms with Gasteiger partial charge in [0.15, 0.2) is 11.5 Å². The molecule has 6 heteroatoms. The Labute approximate surface area is 159 Å². The number of carbonyl (C=O) groups excluding carboxylic acids is 2. The first-order valence-corrected chi connectivity index (χ1v) is 8.92. The van der Waals surface area contributed by atoms with Crippen LogP contribution in [0.5, 0.6) is 11.5 Å². The molecule has 2 amide bonds. The van der Waals surface area contributed by atoms with Gasteiger partial charge in [-0.2, -0.15) is 0 Å². The van der Waals surface area contributed by atoms with Crippen LogP contribution in [-0.2, 0) is 11.3 Å². The van der Waals surface area contributed by atoms with Gasteiger partial charge >= 0.3 is 0 Å². The van der Waals surface area contributed by atoms with Crippen molar-refractivity contribution in [2.24, 2.45) is 0 Å². The van der Waals surface area contributed by atoms with Gasteiger partial charge in [-0.3, -0.25) is 9.59 Å². The van der Waals surface area contributed by atoms with E-state index < -0.39 is 0 Å². The Kier molecular flexibility index (Phi) is 5.64. The minimum atomic E-state index is -0.208. The number of likely N-dealkylation sites (tertiary alicyclic amines) is 1. The van der Waals surface area contributed by atoms with Gasteiger partial charge in [0.25, 0.3) is 5.91 Å². The van der Waals surface area contributed by atoms with Crippen molar-refractivity contribution in [3.8, 4) is 11.5 Å². The summed E-state index contributed by atoms with van der Waals surface area (Å²) in [5.74, 6) is 1.13. The largest absolute Gasteiger partial charge is 0.493 e. The second-order valence-electron chi connectivity index (χ2n) is 6.60. The van der Waals surface area contributed by atoms with E-state index in [1.165, 1.54) is 0 Å². The van der Waals surface area contributed by atoms with Crippen molar-refractivity contribution in [3.63, 3.8) is 0 Å². The quantitative estimate of drug-likeness (QED) is 0.849. The Morgan fingerprint density at radius 3 is 2.56 bits per heavy atom. The number of nitrogens with one attached hydrogen (secondary N) is 1. The second kappa shape index (κ2) is 8.12. The Balaban J connectivity index is 1.76. The van der Waals surface area contributed by atoms with Crippen LogP contribution in [0, 0.1) is 6.92 Å². The molecule has 0 spiro atoms. The number of ether oxygens (including phenoxy) is 2. The summed E-state index contributed by atoms with van der Waals surface area (Å²) in [5, 5.41) is 2.93. The lowest BCUT2D eigenvalue weighted by Crippen LogP contribution is -2.24. The second-order valence-corrected chi connectivity index (χ2v) is 6.60. The summed E-state index contributed by atoms with van der Waals surface area (Å²) in [5.41, 5.74) is 3.04. The molecule has 1 aliphatic rings. The molecule has 0 saturated carbocycles. The molecular formula is C21H24N2O4. The van der Waals surface area contributed by atoms with Crippen molar-refractivity contribution in [1.29, 1.82) is 0 Å². The maximum Gasteiger partial charge on any atom is 0.255 e. The molecule has 0 radical (unpaired) electrons. The van der Waals surface area contributed by atoms with Crippen LogP contribution in [0.2, 0.25) is 0 Å². The molecule has 0 unspecified atom stereocenters. The van der Waals surface area contributed by atoms with Crippen LogP contribution in [0.4, 0.5) is 5.69 Å². The molecule has 1 saturated heterocycles. The van der Waals surface area contributed by atoms with E-state index in [1.54, 1.807) is 26.4 Å². The van der Waals surface area contributed by atoms with Crippen molar-refractivity contribution in [3.05, 3.63) is 53.1 Å². The maximum absolute atomic E-state index is 12.7. The topological polar surface area (TPSA) is 67.9 Å². The lowest BCUT2D eigenvalue weighted by atomic mass is 10.1.